The molecule has 0 aliphatic rings. The van der Waals surface area contributed by atoms with Crippen molar-refractivity contribution in [1.82, 2.24) is 0 Å². The van der Waals surface area contributed by atoms with Crippen molar-refractivity contribution in [3.63, 3.8) is 0 Å². The highest BCUT2D eigenvalue weighted by molar-refractivity contribution is 4.69. The van der Waals surface area contributed by atoms with Crippen molar-refractivity contribution in [3.05, 3.63) is 0 Å². The lowest BCUT2D eigenvalue weighted by Crippen LogP contribution is -2.25. The highest BCUT2D eigenvalue weighted by Gasteiger charge is 2.20. The van der Waals surface area contributed by atoms with Gasteiger partial charge < -0.3 is 5.11 Å². The van der Waals surface area contributed by atoms with E-state index in [1.807, 2.05) is 6.92 Å². The Morgan fingerprint density at radius 1 is 1.36 bits per heavy atom. The van der Waals surface area contributed by atoms with Gasteiger partial charge in [-0.2, -0.15) is 0 Å². The Morgan fingerprint density at radius 3 is 2.27 bits per heavy atom. The second-order valence-corrected chi connectivity index (χ2v) is 3.30. The van der Waals surface area contributed by atoms with Crippen LogP contribution in [0.15, 0.2) is 0 Å². The zero-order valence-electron chi connectivity index (χ0n) is 7.68. The first-order chi connectivity index (χ1) is 5.09. The van der Waals surface area contributed by atoms with E-state index in [9.17, 15) is 4.39 Å². The third-order valence-corrected chi connectivity index (χ3v) is 2.02. The molecule has 0 aliphatic heterocycles. The van der Waals surface area contributed by atoms with Gasteiger partial charge in [-0.3, -0.25) is 0 Å². The molecule has 2 heteroatoms. The van der Waals surface area contributed by atoms with Gasteiger partial charge in [-0.1, -0.05) is 26.7 Å². The number of hydrogen-bond acceptors (Lipinski definition) is 1. The second kappa shape index (κ2) is 5.53. The maximum Gasteiger partial charge on any atom is 0.128 e. The molecule has 0 bridgehead atoms. The van der Waals surface area contributed by atoms with E-state index in [2.05, 4.69) is 6.92 Å². The minimum absolute atomic E-state index is 0.00468. The monoisotopic (exact) mass is 162 g/mol. The first kappa shape index (κ1) is 10.9. The molecule has 0 rings (SSSR count). The molecule has 0 aliphatic carbocycles. The topological polar surface area (TPSA) is 20.2 Å². The van der Waals surface area contributed by atoms with Crippen molar-refractivity contribution in [2.75, 3.05) is 0 Å². The van der Waals surface area contributed by atoms with Crippen LogP contribution in [0.1, 0.15) is 40.0 Å². The molecule has 0 radical (unpaired) electrons. The SMILES string of the molecule is CCCCC(C)C(F)C(C)O. The molecular weight excluding hydrogens is 143 g/mol. The van der Waals surface area contributed by atoms with Crippen LogP contribution in [-0.4, -0.2) is 17.4 Å². The van der Waals surface area contributed by atoms with Gasteiger partial charge in [-0.05, 0) is 19.3 Å². The van der Waals surface area contributed by atoms with Crippen LogP contribution in [-0.2, 0) is 0 Å². The fourth-order valence-corrected chi connectivity index (χ4v) is 1.16. The molecule has 0 saturated heterocycles. The summed E-state index contributed by atoms with van der Waals surface area (Å²) in [6.07, 6.45) is 1.15. The van der Waals surface area contributed by atoms with E-state index in [0.29, 0.717) is 0 Å². The molecule has 0 aromatic heterocycles. The van der Waals surface area contributed by atoms with Crippen LogP contribution < -0.4 is 0 Å². The Labute approximate surface area is 68.6 Å². The van der Waals surface area contributed by atoms with E-state index in [-0.39, 0.29) is 5.92 Å². The molecule has 0 aromatic rings. The molecule has 0 aromatic carbocycles. The van der Waals surface area contributed by atoms with Gasteiger partial charge in [0.1, 0.15) is 6.17 Å². The van der Waals surface area contributed by atoms with E-state index < -0.39 is 12.3 Å². The van der Waals surface area contributed by atoms with Crippen LogP contribution in [0.5, 0.6) is 0 Å². The minimum Gasteiger partial charge on any atom is -0.390 e. The Kier molecular flexibility index (Phi) is 5.47. The second-order valence-electron chi connectivity index (χ2n) is 3.30. The zero-order chi connectivity index (χ0) is 8.85. The van der Waals surface area contributed by atoms with Crippen molar-refractivity contribution in [1.29, 1.82) is 0 Å². The number of alkyl halides is 1. The third-order valence-electron chi connectivity index (χ3n) is 2.02. The van der Waals surface area contributed by atoms with Crippen LogP contribution in [0.25, 0.3) is 0 Å². The summed E-state index contributed by atoms with van der Waals surface area (Å²) in [5.74, 6) is -0.00468. The maximum absolute atomic E-state index is 13.0. The summed E-state index contributed by atoms with van der Waals surface area (Å²) in [7, 11) is 0. The van der Waals surface area contributed by atoms with E-state index in [1.54, 1.807) is 0 Å². The maximum atomic E-state index is 13.0. The van der Waals surface area contributed by atoms with Gasteiger partial charge in [-0.25, -0.2) is 4.39 Å². The summed E-state index contributed by atoms with van der Waals surface area (Å²) >= 11 is 0. The van der Waals surface area contributed by atoms with E-state index >= 15 is 0 Å². The Bertz CT molecular complexity index is 93.6. The van der Waals surface area contributed by atoms with Gasteiger partial charge in [0.05, 0.1) is 6.10 Å². The molecule has 11 heavy (non-hydrogen) atoms. The van der Waals surface area contributed by atoms with Crippen molar-refractivity contribution in [2.45, 2.75) is 52.3 Å². The number of halogens is 1. The first-order valence-corrected chi connectivity index (χ1v) is 4.41. The summed E-state index contributed by atoms with van der Waals surface area (Å²) < 4.78 is 13.0. The molecule has 0 saturated carbocycles. The molecule has 68 valence electrons. The van der Waals surface area contributed by atoms with Gasteiger partial charge in [0.2, 0.25) is 0 Å². The Balaban J connectivity index is 3.55. The standard InChI is InChI=1S/C9H19FO/c1-4-5-6-7(2)9(10)8(3)11/h7-9,11H,4-6H2,1-3H3. The van der Waals surface area contributed by atoms with Crippen molar-refractivity contribution >= 4 is 0 Å². The molecule has 1 N–H and O–H groups in total. The van der Waals surface area contributed by atoms with E-state index in [1.165, 1.54) is 6.92 Å². The lowest BCUT2D eigenvalue weighted by atomic mass is 9.96. The molecule has 1 nitrogen and oxygen atoms in total. The molecule has 0 spiro atoms. The summed E-state index contributed by atoms with van der Waals surface area (Å²) in [5, 5.41) is 8.92. The van der Waals surface area contributed by atoms with Gasteiger partial charge >= 0.3 is 0 Å². The highest BCUT2D eigenvalue weighted by atomic mass is 19.1. The summed E-state index contributed by atoms with van der Waals surface area (Å²) in [6, 6.07) is 0. The fourth-order valence-electron chi connectivity index (χ4n) is 1.16. The van der Waals surface area contributed by atoms with Gasteiger partial charge in [0, 0.05) is 0 Å². The molecule has 3 unspecified atom stereocenters. The minimum atomic E-state index is -1.05. The smallest absolute Gasteiger partial charge is 0.128 e. The Hall–Kier alpha value is -0.110. The van der Waals surface area contributed by atoms with Crippen LogP contribution in [0.3, 0.4) is 0 Å². The molecule has 0 heterocycles. The average molecular weight is 162 g/mol. The number of unbranched alkanes of at least 4 members (excludes halogenated alkanes) is 1. The van der Waals surface area contributed by atoms with Crippen LogP contribution in [0, 0.1) is 5.92 Å². The van der Waals surface area contributed by atoms with Crippen LogP contribution in [0.4, 0.5) is 4.39 Å². The van der Waals surface area contributed by atoms with Crippen LogP contribution >= 0.6 is 0 Å². The number of hydrogen-bond donors (Lipinski definition) is 1. The van der Waals surface area contributed by atoms with Gasteiger partial charge in [0.25, 0.3) is 0 Å². The van der Waals surface area contributed by atoms with E-state index in [4.69, 9.17) is 5.11 Å². The third kappa shape index (κ3) is 4.35. The summed E-state index contributed by atoms with van der Waals surface area (Å²) in [5.41, 5.74) is 0. The lowest BCUT2D eigenvalue weighted by molar-refractivity contribution is 0.0565. The quantitative estimate of drug-likeness (QED) is 0.658. The molecular formula is C9H19FO. The number of rotatable bonds is 5. The van der Waals surface area contributed by atoms with Crippen molar-refractivity contribution in [3.8, 4) is 0 Å². The number of aliphatic hydroxyl groups is 1. The largest absolute Gasteiger partial charge is 0.390 e. The summed E-state index contributed by atoms with van der Waals surface area (Å²) in [4.78, 5) is 0. The van der Waals surface area contributed by atoms with Gasteiger partial charge in [-0.15, -0.1) is 0 Å². The average Bonchev–Trinajstić information content (AvgIpc) is 1.98. The normalized spacial score (nSPS) is 19.4. The molecule has 3 atom stereocenters. The predicted molar refractivity (Wildman–Crippen MR) is 45.3 cm³/mol. The van der Waals surface area contributed by atoms with E-state index in [0.717, 1.165) is 19.3 Å². The van der Waals surface area contributed by atoms with Crippen molar-refractivity contribution < 1.29 is 9.50 Å². The van der Waals surface area contributed by atoms with Gasteiger partial charge in [0.15, 0.2) is 0 Å². The predicted octanol–water partition coefficient (Wildman–Crippen LogP) is 2.53. The highest BCUT2D eigenvalue weighted by Crippen LogP contribution is 2.17. The lowest BCUT2D eigenvalue weighted by Gasteiger charge is -2.18. The zero-order valence-corrected chi connectivity index (χ0v) is 7.68. The number of aliphatic hydroxyl groups excluding tert-OH is 1. The molecule has 0 fully saturated rings. The van der Waals surface area contributed by atoms with Crippen LogP contribution in [0.2, 0.25) is 0 Å². The first-order valence-electron chi connectivity index (χ1n) is 4.41. The molecule has 0 amide bonds. The fraction of sp³-hybridized carbons (Fsp3) is 1.00. The Morgan fingerprint density at radius 2 is 1.91 bits per heavy atom. The summed E-state index contributed by atoms with van der Waals surface area (Å²) in [6.45, 7) is 5.45. The van der Waals surface area contributed by atoms with Crippen molar-refractivity contribution in [2.24, 2.45) is 5.92 Å².